The molecular weight excluding hydrogens is 214 g/mol. The van der Waals surface area contributed by atoms with Gasteiger partial charge < -0.3 is 14.4 Å². The topological polar surface area (TPSA) is 21.7 Å². The number of hydrogen-bond acceptors (Lipinski definition) is 3. The molecule has 1 aromatic rings. The highest BCUT2D eigenvalue weighted by molar-refractivity contribution is 5.56. The van der Waals surface area contributed by atoms with Gasteiger partial charge in [0.2, 0.25) is 0 Å². The van der Waals surface area contributed by atoms with Gasteiger partial charge in [-0.1, -0.05) is 12.2 Å². The first-order valence-corrected chi connectivity index (χ1v) is 5.45. The molecule has 0 aliphatic carbocycles. The van der Waals surface area contributed by atoms with Crippen molar-refractivity contribution in [2.24, 2.45) is 0 Å². The summed E-state index contributed by atoms with van der Waals surface area (Å²) in [6, 6.07) is 5.79. The van der Waals surface area contributed by atoms with Crippen molar-refractivity contribution in [2.75, 3.05) is 32.2 Å². The smallest absolute Gasteiger partial charge is 0.124 e. The van der Waals surface area contributed by atoms with Gasteiger partial charge in [-0.2, -0.15) is 0 Å². The summed E-state index contributed by atoms with van der Waals surface area (Å²) < 4.78 is 10.5. The lowest BCUT2D eigenvalue weighted by atomic mass is 10.2. The quantitative estimate of drug-likeness (QED) is 0.676. The summed E-state index contributed by atoms with van der Waals surface area (Å²) in [7, 11) is 3.29. The molecule has 3 heteroatoms. The highest BCUT2D eigenvalue weighted by Gasteiger charge is 2.07. The molecule has 0 amide bonds. The summed E-state index contributed by atoms with van der Waals surface area (Å²) in [4.78, 5) is 2.13. The number of nitrogens with zero attached hydrogens (tertiary/aromatic N) is 1. The molecule has 0 unspecified atom stereocenters. The van der Waals surface area contributed by atoms with Crippen molar-refractivity contribution in [3.8, 4) is 11.5 Å². The van der Waals surface area contributed by atoms with Crippen LogP contribution in [0.5, 0.6) is 11.5 Å². The number of hydrogen-bond donors (Lipinski definition) is 0. The zero-order valence-electron chi connectivity index (χ0n) is 10.5. The molecule has 0 N–H and O–H groups in total. The first-order valence-electron chi connectivity index (χ1n) is 5.45. The van der Waals surface area contributed by atoms with Gasteiger partial charge in [0.15, 0.2) is 0 Å². The second-order valence-electron chi connectivity index (χ2n) is 3.55. The van der Waals surface area contributed by atoms with E-state index in [1.807, 2.05) is 30.4 Å². The zero-order chi connectivity index (χ0) is 12.7. The van der Waals surface area contributed by atoms with E-state index in [2.05, 4.69) is 18.1 Å². The molecule has 0 aliphatic heterocycles. The molecule has 0 bridgehead atoms. The van der Waals surface area contributed by atoms with E-state index in [1.165, 1.54) is 0 Å². The van der Waals surface area contributed by atoms with Crippen LogP contribution in [0.1, 0.15) is 0 Å². The maximum atomic E-state index is 5.25. The number of ether oxygens (including phenoxy) is 2. The fourth-order valence-electron chi connectivity index (χ4n) is 1.57. The number of rotatable bonds is 7. The lowest BCUT2D eigenvalue weighted by Crippen LogP contribution is -2.23. The Morgan fingerprint density at radius 3 is 1.82 bits per heavy atom. The van der Waals surface area contributed by atoms with Gasteiger partial charge in [0, 0.05) is 37.0 Å². The molecule has 0 radical (unpaired) electrons. The fraction of sp³-hybridized carbons (Fsp3) is 0.286. The van der Waals surface area contributed by atoms with Crippen molar-refractivity contribution in [1.29, 1.82) is 0 Å². The molecule has 17 heavy (non-hydrogen) atoms. The first-order chi connectivity index (χ1) is 8.24. The maximum Gasteiger partial charge on any atom is 0.124 e. The molecule has 1 aromatic carbocycles. The van der Waals surface area contributed by atoms with E-state index in [1.54, 1.807) is 14.2 Å². The van der Waals surface area contributed by atoms with Crippen LogP contribution in [-0.2, 0) is 0 Å². The Hall–Kier alpha value is -1.90. The first kappa shape index (κ1) is 13.2. The van der Waals surface area contributed by atoms with Gasteiger partial charge in [0.05, 0.1) is 14.2 Å². The van der Waals surface area contributed by atoms with Crippen molar-refractivity contribution >= 4 is 5.69 Å². The SMILES string of the molecule is C=CCN(CC=C)c1cc(OC)cc(OC)c1. The van der Waals surface area contributed by atoms with Crippen molar-refractivity contribution in [3.05, 3.63) is 43.5 Å². The largest absolute Gasteiger partial charge is 0.497 e. The Labute approximate surface area is 103 Å². The monoisotopic (exact) mass is 233 g/mol. The minimum absolute atomic E-state index is 0.752. The van der Waals surface area contributed by atoms with Crippen LogP contribution in [0.3, 0.4) is 0 Å². The molecule has 1 rings (SSSR count). The summed E-state index contributed by atoms with van der Waals surface area (Å²) in [5, 5.41) is 0. The van der Waals surface area contributed by atoms with Crippen LogP contribution >= 0.6 is 0 Å². The van der Waals surface area contributed by atoms with Crippen molar-refractivity contribution in [2.45, 2.75) is 0 Å². The third-order valence-electron chi connectivity index (χ3n) is 2.40. The van der Waals surface area contributed by atoms with Gasteiger partial charge >= 0.3 is 0 Å². The molecule has 0 aliphatic rings. The maximum absolute atomic E-state index is 5.25. The van der Waals surface area contributed by atoms with Gasteiger partial charge in [0.1, 0.15) is 11.5 Å². The predicted molar refractivity (Wildman–Crippen MR) is 72.2 cm³/mol. The zero-order valence-corrected chi connectivity index (χ0v) is 10.5. The average Bonchev–Trinajstić information content (AvgIpc) is 2.37. The van der Waals surface area contributed by atoms with Crippen LogP contribution in [0.25, 0.3) is 0 Å². The van der Waals surface area contributed by atoms with Crippen molar-refractivity contribution in [3.63, 3.8) is 0 Å². The van der Waals surface area contributed by atoms with Crippen molar-refractivity contribution < 1.29 is 9.47 Å². The highest BCUT2D eigenvalue weighted by Crippen LogP contribution is 2.28. The third-order valence-corrected chi connectivity index (χ3v) is 2.40. The van der Waals surface area contributed by atoms with E-state index in [0.29, 0.717) is 0 Å². The van der Waals surface area contributed by atoms with Gasteiger partial charge in [-0.05, 0) is 0 Å². The Morgan fingerprint density at radius 1 is 1.00 bits per heavy atom. The summed E-state index contributed by atoms with van der Waals surface area (Å²) >= 11 is 0. The normalized spacial score (nSPS) is 9.53. The molecule has 0 heterocycles. The number of anilines is 1. The Bertz CT molecular complexity index is 356. The molecule has 0 saturated heterocycles. The van der Waals surface area contributed by atoms with Crippen LogP contribution in [0.15, 0.2) is 43.5 Å². The third kappa shape index (κ3) is 3.55. The van der Waals surface area contributed by atoms with Crippen molar-refractivity contribution in [1.82, 2.24) is 0 Å². The second kappa shape index (κ2) is 6.63. The van der Waals surface area contributed by atoms with Crippen LogP contribution in [0, 0.1) is 0 Å². The minimum atomic E-state index is 0.752. The average molecular weight is 233 g/mol. The lowest BCUT2D eigenvalue weighted by Gasteiger charge is -2.22. The van der Waals surface area contributed by atoms with Crippen LogP contribution in [0.2, 0.25) is 0 Å². The van der Waals surface area contributed by atoms with E-state index in [9.17, 15) is 0 Å². The summed E-state index contributed by atoms with van der Waals surface area (Å²) in [5.74, 6) is 1.55. The van der Waals surface area contributed by atoms with Gasteiger partial charge in [-0.3, -0.25) is 0 Å². The van der Waals surface area contributed by atoms with Crippen LogP contribution in [0.4, 0.5) is 5.69 Å². The minimum Gasteiger partial charge on any atom is -0.497 e. The van der Waals surface area contributed by atoms with E-state index >= 15 is 0 Å². The number of methoxy groups -OCH3 is 2. The highest BCUT2D eigenvalue weighted by atomic mass is 16.5. The predicted octanol–water partition coefficient (Wildman–Crippen LogP) is 2.88. The molecule has 0 spiro atoms. The summed E-state index contributed by atoms with van der Waals surface area (Å²) in [5.41, 5.74) is 1.03. The van der Waals surface area contributed by atoms with Crippen LogP contribution < -0.4 is 14.4 Å². The fourth-order valence-corrected chi connectivity index (χ4v) is 1.57. The van der Waals surface area contributed by atoms with E-state index in [4.69, 9.17) is 9.47 Å². The Kier molecular flexibility index (Phi) is 5.14. The standard InChI is InChI=1S/C14H19NO2/c1-5-7-15(8-6-2)12-9-13(16-3)11-14(10-12)17-4/h5-6,9-11H,1-2,7-8H2,3-4H3. The second-order valence-corrected chi connectivity index (χ2v) is 3.55. The van der Waals surface area contributed by atoms with E-state index in [-0.39, 0.29) is 0 Å². The van der Waals surface area contributed by atoms with E-state index < -0.39 is 0 Å². The summed E-state index contributed by atoms with van der Waals surface area (Å²) in [6.45, 7) is 9.01. The van der Waals surface area contributed by atoms with E-state index in [0.717, 1.165) is 30.3 Å². The molecule has 0 saturated carbocycles. The molecule has 0 atom stereocenters. The molecule has 92 valence electrons. The summed E-state index contributed by atoms with van der Waals surface area (Å²) in [6.07, 6.45) is 3.71. The molecule has 0 aromatic heterocycles. The molecule has 3 nitrogen and oxygen atoms in total. The van der Waals surface area contributed by atoms with Crippen LogP contribution in [-0.4, -0.2) is 27.3 Å². The number of benzene rings is 1. The van der Waals surface area contributed by atoms with Gasteiger partial charge in [0.25, 0.3) is 0 Å². The molecular formula is C14H19NO2. The molecule has 0 fully saturated rings. The Balaban J connectivity index is 3.06. The lowest BCUT2D eigenvalue weighted by molar-refractivity contribution is 0.394. The van der Waals surface area contributed by atoms with Gasteiger partial charge in [-0.25, -0.2) is 0 Å². The van der Waals surface area contributed by atoms with Gasteiger partial charge in [-0.15, -0.1) is 13.2 Å². The Morgan fingerprint density at radius 2 is 1.47 bits per heavy atom.